The maximum absolute atomic E-state index is 12.5. The van der Waals surface area contributed by atoms with Gasteiger partial charge in [-0.2, -0.15) is 0 Å². The van der Waals surface area contributed by atoms with Crippen LogP contribution in [0.1, 0.15) is 0 Å². The van der Waals surface area contributed by atoms with E-state index >= 15 is 0 Å². The van der Waals surface area contributed by atoms with Crippen molar-refractivity contribution in [3.63, 3.8) is 0 Å². The lowest BCUT2D eigenvalue weighted by atomic mass is 10.2. The number of hydrogen-bond acceptors (Lipinski definition) is 5. The number of amides is 1. The molecule has 1 aromatic heterocycles. The number of carbonyl (C=O) groups is 1. The van der Waals surface area contributed by atoms with Crippen LogP contribution < -0.4 is 10.1 Å². The number of anilines is 1. The van der Waals surface area contributed by atoms with Gasteiger partial charge in [-0.25, -0.2) is 0 Å². The van der Waals surface area contributed by atoms with Crippen LogP contribution >= 0.6 is 23.4 Å². The molecule has 0 bridgehead atoms. The van der Waals surface area contributed by atoms with Crippen molar-refractivity contribution in [2.45, 2.75) is 5.16 Å². The molecule has 1 N–H and O–H groups in total. The topological polar surface area (TPSA) is 69.0 Å². The van der Waals surface area contributed by atoms with Crippen molar-refractivity contribution in [2.24, 2.45) is 0 Å². The molecule has 0 radical (unpaired) electrons. The Kier molecular flexibility index (Phi) is 6.54. The highest BCUT2D eigenvalue weighted by atomic mass is 35.5. The van der Waals surface area contributed by atoms with E-state index in [-0.39, 0.29) is 11.7 Å². The first-order valence-corrected chi connectivity index (χ1v) is 10.8. The highest BCUT2D eigenvalue weighted by Gasteiger charge is 2.17. The second kappa shape index (κ2) is 9.68. The van der Waals surface area contributed by atoms with Crippen LogP contribution in [-0.2, 0) is 4.79 Å². The highest BCUT2D eigenvalue weighted by Crippen LogP contribution is 2.29. The van der Waals surface area contributed by atoms with Crippen molar-refractivity contribution >= 4 is 35.0 Å². The maximum Gasteiger partial charge on any atom is 0.234 e. The lowest BCUT2D eigenvalue weighted by molar-refractivity contribution is -0.113. The van der Waals surface area contributed by atoms with E-state index in [1.165, 1.54) is 11.8 Å². The molecule has 0 aliphatic heterocycles. The van der Waals surface area contributed by atoms with Crippen molar-refractivity contribution in [2.75, 3.05) is 18.2 Å². The zero-order valence-electron chi connectivity index (χ0n) is 16.7. The van der Waals surface area contributed by atoms with Crippen molar-refractivity contribution in [3.05, 3.63) is 83.9 Å². The number of para-hydroxylation sites is 1. The molecule has 1 heterocycles. The molecular weight excluding hydrogens is 432 g/mol. The molecule has 0 saturated carbocycles. The number of hydrogen-bond donors (Lipinski definition) is 1. The SMILES string of the molecule is COc1cccc(NC(=O)CSc2nnc(-c3cccc(Cl)c3)n2-c2ccccc2)c1. The molecule has 0 atom stereocenters. The Hall–Kier alpha value is -3.29. The molecule has 4 rings (SSSR count). The van der Waals surface area contributed by atoms with Crippen molar-refractivity contribution in [1.29, 1.82) is 0 Å². The van der Waals surface area contributed by atoms with Crippen LogP contribution in [0.5, 0.6) is 5.75 Å². The smallest absolute Gasteiger partial charge is 0.234 e. The maximum atomic E-state index is 12.5. The van der Waals surface area contributed by atoms with Gasteiger partial charge in [0.15, 0.2) is 11.0 Å². The molecule has 31 heavy (non-hydrogen) atoms. The first kappa shape index (κ1) is 21.0. The molecule has 0 aliphatic carbocycles. The van der Waals surface area contributed by atoms with E-state index in [0.717, 1.165) is 11.3 Å². The molecule has 0 unspecified atom stereocenters. The van der Waals surface area contributed by atoms with Gasteiger partial charge in [-0.05, 0) is 36.4 Å². The number of nitrogens with zero attached hydrogens (tertiary/aromatic N) is 3. The third-order valence-corrected chi connectivity index (χ3v) is 5.58. The minimum Gasteiger partial charge on any atom is -0.497 e. The quantitative estimate of drug-likeness (QED) is 0.385. The fourth-order valence-electron chi connectivity index (χ4n) is 3.02. The molecule has 0 spiro atoms. The van der Waals surface area contributed by atoms with E-state index in [2.05, 4.69) is 15.5 Å². The van der Waals surface area contributed by atoms with Gasteiger partial charge in [0.25, 0.3) is 0 Å². The van der Waals surface area contributed by atoms with Crippen LogP contribution in [0, 0.1) is 0 Å². The summed E-state index contributed by atoms with van der Waals surface area (Å²) in [6, 6.07) is 24.5. The largest absolute Gasteiger partial charge is 0.497 e. The number of benzene rings is 3. The normalized spacial score (nSPS) is 10.6. The Morgan fingerprint density at radius 3 is 2.61 bits per heavy atom. The second-order valence-electron chi connectivity index (χ2n) is 6.56. The van der Waals surface area contributed by atoms with Crippen LogP contribution in [0.3, 0.4) is 0 Å². The molecular formula is C23H19ClN4O2S. The number of aromatic nitrogens is 3. The summed E-state index contributed by atoms with van der Waals surface area (Å²) in [6.07, 6.45) is 0. The minimum atomic E-state index is -0.148. The number of carbonyl (C=O) groups excluding carboxylic acids is 1. The van der Waals surface area contributed by atoms with E-state index in [0.29, 0.717) is 27.4 Å². The van der Waals surface area contributed by atoms with E-state index in [1.807, 2.05) is 77.4 Å². The van der Waals surface area contributed by atoms with Crippen LogP contribution in [0.25, 0.3) is 17.1 Å². The van der Waals surface area contributed by atoms with E-state index in [9.17, 15) is 4.79 Å². The van der Waals surface area contributed by atoms with Gasteiger partial charge in [-0.3, -0.25) is 9.36 Å². The van der Waals surface area contributed by atoms with E-state index in [1.54, 1.807) is 13.2 Å². The molecule has 8 heteroatoms. The monoisotopic (exact) mass is 450 g/mol. The number of rotatable bonds is 7. The average Bonchev–Trinajstić information content (AvgIpc) is 3.22. The van der Waals surface area contributed by atoms with Gasteiger partial charge < -0.3 is 10.1 Å². The Balaban J connectivity index is 1.57. The number of halogens is 1. The van der Waals surface area contributed by atoms with Gasteiger partial charge in [-0.15, -0.1) is 10.2 Å². The van der Waals surface area contributed by atoms with Crippen molar-refractivity contribution < 1.29 is 9.53 Å². The van der Waals surface area contributed by atoms with Crippen LogP contribution in [0.2, 0.25) is 5.02 Å². The zero-order chi connectivity index (χ0) is 21.6. The van der Waals surface area contributed by atoms with Gasteiger partial charge in [0.2, 0.25) is 5.91 Å². The van der Waals surface area contributed by atoms with Crippen molar-refractivity contribution in [3.8, 4) is 22.8 Å². The fourth-order valence-corrected chi connectivity index (χ4v) is 3.96. The predicted molar refractivity (Wildman–Crippen MR) is 124 cm³/mol. The Labute approximate surface area is 189 Å². The summed E-state index contributed by atoms with van der Waals surface area (Å²) in [5, 5.41) is 12.8. The molecule has 0 aliphatic rings. The third-order valence-electron chi connectivity index (χ3n) is 4.42. The van der Waals surface area contributed by atoms with Crippen LogP contribution in [0.4, 0.5) is 5.69 Å². The second-order valence-corrected chi connectivity index (χ2v) is 7.94. The molecule has 0 fully saturated rings. The van der Waals surface area contributed by atoms with Crippen molar-refractivity contribution in [1.82, 2.24) is 14.8 Å². The number of methoxy groups -OCH3 is 1. The van der Waals surface area contributed by atoms with Crippen LogP contribution in [0.15, 0.2) is 84.0 Å². The van der Waals surface area contributed by atoms with E-state index in [4.69, 9.17) is 16.3 Å². The lowest BCUT2D eigenvalue weighted by Gasteiger charge is -2.11. The lowest BCUT2D eigenvalue weighted by Crippen LogP contribution is -2.14. The summed E-state index contributed by atoms with van der Waals surface area (Å²) >= 11 is 7.49. The van der Waals surface area contributed by atoms with Crippen LogP contribution in [-0.4, -0.2) is 33.5 Å². The molecule has 4 aromatic rings. The summed E-state index contributed by atoms with van der Waals surface area (Å²) in [7, 11) is 1.59. The zero-order valence-corrected chi connectivity index (χ0v) is 18.2. The first-order valence-electron chi connectivity index (χ1n) is 9.47. The van der Waals surface area contributed by atoms with Gasteiger partial charge in [0.1, 0.15) is 5.75 Å². The molecule has 3 aromatic carbocycles. The molecule has 1 amide bonds. The van der Waals surface area contributed by atoms with Gasteiger partial charge in [0, 0.05) is 28.0 Å². The van der Waals surface area contributed by atoms with Gasteiger partial charge >= 0.3 is 0 Å². The summed E-state index contributed by atoms with van der Waals surface area (Å²) in [4.78, 5) is 12.5. The summed E-state index contributed by atoms with van der Waals surface area (Å²) in [5.41, 5.74) is 2.42. The molecule has 6 nitrogen and oxygen atoms in total. The first-order chi connectivity index (χ1) is 15.1. The number of thioether (sulfide) groups is 1. The van der Waals surface area contributed by atoms with Gasteiger partial charge in [0.05, 0.1) is 12.9 Å². The molecule has 156 valence electrons. The number of ether oxygens (including phenoxy) is 1. The summed E-state index contributed by atoms with van der Waals surface area (Å²) in [5.74, 6) is 1.37. The summed E-state index contributed by atoms with van der Waals surface area (Å²) < 4.78 is 7.12. The highest BCUT2D eigenvalue weighted by molar-refractivity contribution is 7.99. The van der Waals surface area contributed by atoms with Gasteiger partial charge in [-0.1, -0.05) is 59.8 Å². The average molecular weight is 451 g/mol. The Bertz CT molecular complexity index is 1200. The minimum absolute atomic E-state index is 0.148. The standard InChI is InChI=1S/C23H19ClN4O2S/c1-30-20-12-6-9-18(14-20)25-21(29)15-31-23-27-26-22(16-7-5-8-17(24)13-16)28(23)19-10-3-2-4-11-19/h2-14H,15H2,1H3,(H,25,29). The van der Waals surface area contributed by atoms with E-state index < -0.39 is 0 Å². The third kappa shape index (κ3) is 5.07. The molecule has 0 saturated heterocycles. The fraction of sp³-hybridized carbons (Fsp3) is 0.0870. The summed E-state index contributed by atoms with van der Waals surface area (Å²) in [6.45, 7) is 0. The predicted octanol–water partition coefficient (Wildman–Crippen LogP) is 5.33. The Morgan fingerprint density at radius 2 is 1.84 bits per heavy atom. The Morgan fingerprint density at radius 1 is 1.03 bits per heavy atom. The number of nitrogens with one attached hydrogen (secondary N) is 1.